The van der Waals surface area contributed by atoms with Crippen molar-refractivity contribution >= 4 is 11.6 Å². The van der Waals surface area contributed by atoms with Gasteiger partial charge >= 0.3 is 6.36 Å². The van der Waals surface area contributed by atoms with Gasteiger partial charge < -0.3 is 15.8 Å². The molecule has 0 saturated heterocycles. The summed E-state index contributed by atoms with van der Waals surface area (Å²) in [7, 11) is 2.06. The lowest BCUT2D eigenvalue weighted by Crippen LogP contribution is -2.26. The highest BCUT2D eigenvalue weighted by Gasteiger charge is 2.30. The number of nitrogens with zero attached hydrogens (tertiary/aromatic N) is 2. The Kier molecular flexibility index (Phi) is 7.28. The monoisotopic (exact) mass is 394 g/mol. The van der Waals surface area contributed by atoms with Gasteiger partial charge in [-0.1, -0.05) is 24.3 Å². The minimum Gasteiger partial charge on any atom is -0.406 e. The zero-order valence-corrected chi connectivity index (χ0v) is 16.1. The van der Waals surface area contributed by atoms with E-state index in [0.29, 0.717) is 18.3 Å². The summed E-state index contributed by atoms with van der Waals surface area (Å²) < 4.78 is 40.4. The van der Waals surface area contributed by atoms with Crippen molar-refractivity contribution in [3.05, 3.63) is 59.7 Å². The molecule has 2 rings (SSSR count). The highest BCUT2D eigenvalue weighted by molar-refractivity contribution is 5.92. The second-order valence-electron chi connectivity index (χ2n) is 6.68. The van der Waals surface area contributed by atoms with Crippen LogP contribution >= 0.6 is 0 Å². The van der Waals surface area contributed by atoms with Crippen LogP contribution in [0, 0.1) is 0 Å². The van der Waals surface area contributed by atoms with E-state index in [-0.39, 0.29) is 11.7 Å². The molecule has 8 heteroatoms. The van der Waals surface area contributed by atoms with Crippen LogP contribution in [0.15, 0.2) is 53.5 Å². The zero-order chi connectivity index (χ0) is 20.7. The Morgan fingerprint density at radius 3 is 2.29 bits per heavy atom. The van der Waals surface area contributed by atoms with Crippen molar-refractivity contribution in [2.45, 2.75) is 39.3 Å². The predicted octanol–water partition coefficient (Wildman–Crippen LogP) is 4.35. The molecule has 152 valence electrons. The molecule has 0 saturated carbocycles. The fourth-order valence-corrected chi connectivity index (χ4v) is 2.41. The Morgan fingerprint density at radius 2 is 1.71 bits per heavy atom. The number of nitrogens with two attached hydrogens (primary N) is 1. The second kappa shape index (κ2) is 9.45. The Morgan fingerprint density at radius 1 is 1.11 bits per heavy atom. The fourth-order valence-electron chi connectivity index (χ4n) is 2.41. The molecule has 0 aliphatic carbocycles. The normalized spacial score (nSPS) is 12.5. The summed E-state index contributed by atoms with van der Waals surface area (Å²) in [6.45, 7) is 5.47. The van der Waals surface area contributed by atoms with E-state index in [4.69, 9.17) is 5.73 Å². The molecule has 28 heavy (non-hydrogen) atoms. The van der Waals surface area contributed by atoms with Crippen molar-refractivity contribution in [1.29, 1.82) is 0 Å². The van der Waals surface area contributed by atoms with E-state index in [2.05, 4.69) is 46.9 Å². The van der Waals surface area contributed by atoms with E-state index < -0.39 is 6.36 Å². The molecule has 0 aliphatic rings. The second-order valence-corrected chi connectivity index (χ2v) is 6.68. The standard InChI is InChI=1S/C20H25F3N4O/c1-14(2)27(3)13-16-7-5-4-6-15(16)12-25-19(24)26-17-8-10-18(11-9-17)28-20(21,22)23/h4-11,14H,12-13H2,1-3H3,(H3,24,25,26). The third-order valence-electron chi connectivity index (χ3n) is 4.20. The summed E-state index contributed by atoms with van der Waals surface area (Å²) in [4.78, 5) is 6.57. The highest BCUT2D eigenvalue weighted by Crippen LogP contribution is 2.24. The van der Waals surface area contributed by atoms with Crippen molar-refractivity contribution in [1.82, 2.24) is 4.90 Å². The minimum absolute atomic E-state index is 0.177. The first kappa shape index (κ1) is 21.6. The Labute approximate surface area is 163 Å². The highest BCUT2D eigenvalue weighted by atomic mass is 19.4. The van der Waals surface area contributed by atoms with Gasteiger partial charge in [0.25, 0.3) is 0 Å². The number of halogens is 3. The van der Waals surface area contributed by atoms with Crippen LogP contribution in [0.4, 0.5) is 18.9 Å². The molecule has 0 bridgehead atoms. The van der Waals surface area contributed by atoms with E-state index >= 15 is 0 Å². The van der Waals surface area contributed by atoms with Crippen LogP contribution < -0.4 is 15.8 Å². The molecule has 3 N–H and O–H groups in total. The Hall–Kier alpha value is -2.74. The average molecular weight is 394 g/mol. The van der Waals surface area contributed by atoms with Gasteiger partial charge in [0.15, 0.2) is 5.96 Å². The van der Waals surface area contributed by atoms with Gasteiger partial charge in [0.2, 0.25) is 0 Å². The van der Waals surface area contributed by atoms with Gasteiger partial charge in [0.05, 0.1) is 6.54 Å². The van der Waals surface area contributed by atoms with Gasteiger partial charge in [-0.3, -0.25) is 4.90 Å². The molecule has 0 atom stereocenters. The SMILES string of the molecule is CC(C)N(C)Cc1ccccc1CN=C(N)Nc1ccc(OC(F)(F)F)cc1. The number of ether oxygens (including phenoxy) is 1. The number of benzene rings is 2. The number of rotatable bonds is 7. The maximum absolute atomic E-state index is 12.2. The quantitative estimate of drug-likeness (QED) is 0.541. The summed E-state index contributed by atoms with van der Waals surface area (Å²) >= 11 is 0. The number of guanidine groups is 1. The van der Waals surface area contributed by atoms with Gasteiger partial charge in [-0.15, -0.1) is 13.2 Å². The number of hydrogen-bond donors (Lipinski definition) is 2. The molecule has 2 aromatic rings. The van der Waals surface area contributed by atoms with Crippen molar-refractivity contribution < 1.29 is 17.9 Å². The fraction of sp³-hybridized carbons (Fsp3) is 0.350. The van der Waals surface area contributed by atoms with Crippen LogP contribution in [-0.2, 0) is 13.1 Å². The van der Waals surface area contributed by atoms with Gasteiger partial charge in [-0.2, -0.15) is 0 Å². The summed E-state index contributed by atoms with van der Waals surface area (Å²) in [5.41, 5.74) is 8.66. The maximum atomic E-state index is 12.2. The van der Waals surface area contributed by atoms with E-state index in [1.807, 2.05) is 18.2 Å². The van der Waals surface area contributed by atoms with Crippen LogP contribution in [0.3, 0.4) is 0 Å². The molecule has 0 radical (unpaired) electrons. The summed E-state index contributed by atoms with van der Waals surface area (Å²) in [6.07, 6.45) is -4.72. The van der Waals surface area contributed by atoms with E-state index in [9.17, 15) is 13.2 Å². The zero-order valence-electron chi connectivity index (χ0n) is 16.1. The van der Waals surface area contributed by atoms with E-state index in [0.717, 1.165) is 12.1 Å². The first-order valence-electron chi connectivity index (χ1n) is 8.84. The predicted molar refractivity (Wildman–Crippen MR) is 105 cm³/mol. The van der Waals surface area contributed by atoms with Crippen LogP contribution in [0.1, 0.15) is 25.0 Å². The molecule has 5 nitrogen and oxygen atoms in total. The number of hydrogen-bond acceptors (Lipinski definition) is 3. The first-order chi connectivity index (χ1) is 13.1. The molecule has 0 unspecified atom stereocenters. The molecule has 0 aliphatic heterocycles. The number of anilines is 1. The van der Waals surface area contributed by atoms with Crippen molar-refractivity contribution in [3.63, 3.8) is 0 Å². The number of aliphatic imine (C=N–C) groups is 1. The van der Waals surface area contributed by atoms with Crippen LogP contribution in [0.5, 0.6) is 5.75 Å². The Bertz CT molecular complexity index is 789. The maximum Gasteiger partial charge on any atom is 0.573 e. The molecule has 0 amide bonds. The molecular formula is C20H25F3N4O. The molecule has 2 aromatic carbocycles. The van der Waals surface area contributed by atoms with Gasteiger partial charge in [-0.25, -0.2) is 4.99 Å². The summed E-state index contributed by atoms with van der Waals surface area (Å²) in [6, 6.07) is 13.7. The lowest BCUT2D eigenvalue weighted by Gasteiger charge is -2.22. The Balaban J connectivity index is 1.99. The van der Waals surface area contributed by atoms with Crippen LogP contribution in [0.2, 0.25) is 0 Å². The molecule has 0 fully saturated rings. The lowest BCUT2D eigenvalue weighted by molar-refractivity contribution is -0.274. The van der Waals surface area contributed by atoms with Gasteiger partial charge in [0, 0.05) is 18.3 Å². The topological polar surface area (TPSA) is 62.9 Å². The summed E-state index contributed by atoms with van der Waals surface area (Å²) in [5, 5.41) is 2.86. The van der Waals surface area contributed by atoms with Crippen LogP contribution in [-0.4, -0.2) is 30.3 Å². The lowest BCUT2D eigenvalue weighted by atomic mass is 10.1. The van der Waals surface area contributed by atoms with E-state index in [1.165, 1.54) is 29.8 Å². The smallest absolute Gasteiger partial charge is 0.406 e. The van der Waals surface area contributed by atoms with Crippen molar-refractivity contribution in [2.24, 2.45) is 10.7 Å². The third-order valence-corrected chi connectivity index (χ3v) is 4.20. The first-order valence-corrected chi connectivity index (χ1v) is 8.84. The van der Waals surface area contributed by atoms with Crippen molar-refractivity contribution in [3.8, 4) is 5.75 Å². The average Bonchev–Trinajstić information content (AvgIpc) is 2.61. The molecule has 0 spiro atoms. The molecule has 0 heterocycles. The molecular weight excluding hydrogens is 369 g/mol. The van der Waals surface area contributed by atoms with E-state index in [1.54, 1.807) is 0 Å². The van der Waals surface area contributed by atoms with Gasteiger partial charge in [0.1, 0.15) is 5.75 Å². The van der Waals surface area contributed by atoms with Crippen molar-refractivity contribution in [2.75, 3.05) is 12.4 Å². The minimum atomic E-state index is -4.72. The van der Waals surface area contributed by atoms with Gasteiger partial charge in [-0.05, 0) is 56.3 Å². The third kappa shape index (κ3) is 7.11. The largest absolute Gasteiger partial charge is 0.573 e. The van der Waals surface area contributed by atoms with Crippen LogP contribution in [0.25, 0.3) is 0 Å². The summed E-state index contributed by atoms with van der Waals surface area (Å²) in [5.74, 6) is -0.117. The molecule has 0 aromatic heterocycles. The number of alkyl halides is 3. The number of nitrogens with one attached hydrogen (secondary N) is 1.